The first-order valence-corrected chi connectivity index (χ1v) is 7.63. The van der Waals surface area contributed by atoms with Gasteiger partial charge in [-0.05, 0) is 43.6 Å². The fraction of sp³-hybridized carbons (Fsp3) is 0.647. The normalized spacial score (nSPS) is 34.1. The van der Waals surface area contributed by atoms with Crippen LogP contribution in [0.15, 0.2) is 24.3 Å². The summed E-state index contributed by atoms with van der Waals surface area (Å²) in [6, 6.07) is 8.42. The Balaban J connectivity index is 1.87. The van der Waals surface area contributed by atoms with Gasteiger partial charge in [-0.15, -0.1) is 0 Å². The highest BCUT2D eigenvalue weighted by Gasteiger charge is 2.43. The molecule has 2 N–H and O–H groups in total. The average Bonchev–Trinajstić information content (AvgIpc) is 2.38. The molecular weight excluding hydrogens is 234 g/mol. The fourth-order valence-electron chi connectivity index (χ4n) is 3.88. The molecule has 3 atom stereocenters. The lowest BCUT2D eigenvalue weighted by atomic mass is 9.70. The first-order chi connectivity index (χ1) is 9.10. The van der Waals surface area contributed by atoms with Crippen molar-refractivity contribution in [2.75, 3.05) is 0 Å². The molecule has 1 aliphatic carbocycles. The third kappa shape index (κ3) is 2.38. The summed E-state index contributed by atoms with van der Waals surface area (Å²) in [6.07, 6.45) is 5.94. The maximum Gasteiger partial charge on any atom is 0.124 e. The van der Waals surface area contributed by atoms with Gasteiger partial charge < -0.3 is 10.5 Å². The molecule has 1 saturated carbocycles. The number of fused-ring (bicyclic) bond motifs is 1. The van der Waals surface area contributed by atoms with E-state index < -0.39 is 0 Å². The number of ether oxygens (including phenoxy) is 1. The SMILES string of the molecule is CC(C)C1CCCC2(C1)C[C@@H](N)c1ccccc1O2. The molecule has 2 unspecified atom stereocenters. The first-order valence-electron chi connectivity index (χ1n) is 7.63. The summed E-state index contributed by atoms with van der Waals surface area (Å²) in [4.78, 5) is 0. The third-order valence-corrected chi connectivity index (χ3v) is 5.02. The highest BCUT2D eigenvalue weighted by Crippen LogP contribution is 2.47. The van der Waals surface area contributed by atoms with E-state index in [1.54, 1.807) is 0 Å². The molecule has 19 heavy (non-hydrogen) atoms. The van der Waals surface area contributed by atoms with Crippen molar-refractivity contribution in [3.63, 3.8) is 0 Å². The monoisotopic (exact) mass is 259 g/mol. The van der Waals surface area contributed by atoms with E-state index in [1.807, 2.05) is 6.07 Å². The highest BCUT2D eigenvalue weighted by atomic mass is 16.5. The van der Waals surface area contributed by atoms with Crippen LogP contribution in [0.3, 0.4) is 0 Å². The van der Waals surface area contributed by atoms with Crippen molar-refractivity contribution in [2.24, 2.45) is 17.6 Å². The van der Waals surface area contributed by atoms with Crippen LogP contribution < -0.4 is 10.5 Å². The topological polar surface area (TPSA) is 35.2 Å². The van der Waals surface area contributed by atoms with Crippen molar-refractivity contribution in [1.29, 1.82) is 0 Å². The molecule has 0 saturated heterocycles. The Labute approximate surface area is 116 Å². The van der Waals surface area contributed by atoms with Gasteiger partial charge in [0.2, 0.25) is 0 Å². The van der Waals surface area contributed by atoms with Crippen LogP contribution in [0.25, 0.3) is 0 Å². The predicted molar refractivity (Wildman–Crippen MR) is 78.1 cm³/mol. The van der Waals surface area contributed by atoms with Crippen LogP contribution in [0.4, 0.5) is 0 Å². The first kappa shape index (κ1) is 13.0. The fourth-order valence-corrected chi connectivity index (χ4v) is 3.88. The lowest BCUT2D eigenvalue weighted by Gasteiger charge is -2.46. The van der Waals surface area contributed by atoms with E-state index in [4.69, 9.17) is 10.5 Å². The van der Waals surface area contributed by atoms with Gasteiger partial charge in [0, 0.05) is 18.0 Å². The van der Waals surface area contributed by atoms with E-state index in [9.17, 15) is 0 Å². The molecular formula is C17H25NO. The molecule has 3 rings (SSSR count). The standard InChI is InChI=1S/C17H25NO/c1-12(2)13-6-5-9-17(10-13)11-15(18)14-7-3-4-8-16(14)19-17/h3-4,7-8,12-13,15H,5-6,9-11,18H2,1-2H3/t13?,15-,17?/m1/s1. The molecule has 1 aromatic carbocycles. The van der Waals surface area contributed by atoms with Crippen molar-refractivity contribution in [1.82, 2.24) is 0 Å². The van der Waals surface area contributed by atoms with Gasteiger partial charge in [-0.2, -0.15) is 0 Å². The smallest absolute Gasteiger partial charge is 0.124 e. The highest BCUT2D eigenvalue weighted by molar-refractivity contribution is 5.38. The number of hydrogen-bond donors (Lipinski definition) is 1. The van der Waals surface area contributed by atoms with Crippen molar-refractivity contribution < 1.29 is 4.74 Å². The van der Waals surface area contributed by atoms with Crippen molar-refractivity contribution in [3.05, 3.63) is 29.8 Å². The Kier molecular flexibility index (Phi) is 3.30. The minimum atomic E-state index is 0.000949. The summed E-state index contributed by atoms with van der Waals surface area (Å²) in [5.74, 6) is 2.55. The zero-order valence-electron chi connectivity index (χ0n) is 12.1. The number of benzene rings is 1. The van der Waals surface area contributed by atoms with E-state index >= 15 is 0 Å². The lowest BCUT2D eigenvalue weighted by molar-refractivity contribution is -0.0249. The second kappa shape index (κ2) is 4.82. The summed E-state index contributed by atoms with van der Waals surface area (Å²) in [7, 11) is 0. The molecule has 0 amide bonds. The largest absolute Gasteiger partial charge is 0.487 e. The summed E-state index contributed by atoms with van der Waals surface area (Å²) < 4.78 is 6.43. The van der Waals surface area contributed by atoms with E-state index in [1.165, 1.54) is 24.8 Å². The molecule has 1 spiro atoms. The number of para-hydroxylation sites is 1. The Morgan fingerprint density at radius 3 is 2.84 bits per heavy atom. The zero-order valence-corrected chi connectivity index (χ0v) is 12.1. The van der Waals surface area contributed by atoms with Gasteiger partial charge in [-0.25, -0.2) is 0 Å². The van der Waals surface area contributed by atoms with E-state index in [-0.39, 0.29) is 11.6 Å². The van der Waals surface area contributed by atoms with Crippen LogP contribution in [-0.4, -0.2) is 5.60 Å². The Morgan fingerprint density at radius 2 is 2.05 bits per heavy atom. The van der Waals surface area contributed by atoms with Crippen LogP contribution in [0.5, 0.6) is 5.75 Å². The number of hydrogen-bond acceptors (Lipinski definition) is 2. The Morgan fingerprint density at radius 1 is 1.26 bits per heavy atom. The Hall–Kier alpha value is -1.02. The van der Waals surface area contributed by atoms with Gasteiger partial charge in [-0.3, -0.25) is 0 Å². The quantitative estimate of drug-likeness (QED) is 0.825. The van der Waals surface area contributed by atoms with Crippen LogP contribution in [0.1, 0.15) is 57.6 Å². The van der Waals surface area contributed by atoms with E-state index in [2.05, 4.69) is 32.0 Å². The molecule has 1 fully saturated rings. The summed E-state index contributed by atoms with van der Waals surface area (Å²) >= 11 is 0. The van der Waals surface area contributed by atoms with Crippen LogP contribution in [-0.2, 0) is 0 Å². The molecule has 0 radical (unpaired) electrons. The maximum atomic E-state index is 6.43. The molecule has 0 bridgehead atoms. The number of nitrogens with two attached hydrogens (primary N) is 1. The van der Waals surface area contributed by atoms with Gasteiger partial charge in [0.25, 0.3) is 0 Å². The van der Waals surface area contributed by atoms with Gasteiger partial charge in [-0.1, -0.05) is 32.0 Å². The van der Waals surface area contributed by atoms with Gasteiger partial charge in [0.15, 0.2) is 0 Å². The maximum absolute atomic E-state index is 6.43. The van der Waals surface area contributed by atoms with Crippen LogP contribution in [0, 0.1) is 11.8 Å². The third-order valence-electron chi connectivity index (χ3n) is 5.02. The molecule has 1 heterocycles. The number of rotatable bonds is 1. The summed E-state index contributed by atoms with van der Waals surface area (Å²) in [5, 5.41) is 0. The van der Waals surface area contributed by atoms with Crippen molar-refractivity contribution in [3.8, 4) is 5.75 Å². The minimum absolute atomic E-state index is 0.000949. The van der Waals surface area contributed by atoms with Gasteiger partial charge in [0.1, 0.15) is 11.4 Å². The molecule has 2 aliphatic rings. The van der Waals surface area contributed by atoms with Crippen molar-refractivity contribution >= 4 is 0 Å². The molecule has 2 nitrogen and oxygen atoms in total. The molecule has 2 heteroatoms. The lowest BCUT2D eigenvalue weighted by Crippen LogP contribution is -2.47. The molecule has 1 aliphatic heterocycles. The van der Waals surface area contributed by atoms with Crippen LogP contribution >= 0.6 is 0 Å². The minimum Gasteiger partial charge on any atom is -0.487 e. The predicted octanol–water partition coefficient (Wildman–Crippen LogP) is 4.05. The molecule has 1 aromatic rings. The van der Waals surface area contributed by atoms with Gasteiger partial charge in [0.05, 0.1) is 0 Å². The summed E-state index contributed by atoms with van der Waals surface area (Å²) in [6.45, 7) is 4.67. The second-order valence-corrected chi connectivity index (χ2v) is 6.73. The van der Waals surface area contributed by atoms with Crippen molar-refractivity contribution in [2.45, 2.75) is 57.6 Å². The molecule has 0 aromatic heterocycles. The van der Waals surface area contributed by atoms with Crippen LogP contribution in [0.2, 0.25) is 0 Å². The van der Waals surface area contributed by atoms with E-state index in [0.29, 0.717) is 0 Å². The summed E-state index contributed by atoms with van der Waals surface area (Å²) in [5.41, 5.74) is 7.57. The Bertz CT molecular complexity index is 456. The van der Waals surface area contributed by atoms with Gasteiger partial charge >= 0.3 is 0 Å². The van der Waals surface area contributed by atoms with E-state index in [0.717, 1.165) is 30.4 Å². The average molecular weight is 259 g/mol. The second-order valence-electron chi connectivity index (χ2n) is 6.73. The zero-order chi connectivity index (χ0) is 13.5. The molecule has 104 valence electrons.